The highest BCUT2D eigenvalue weighted by Gasteiger charge is 2.32. The maximum atomic E-state index is 11.3. The number of aliphatic hydroxyl groups excluding tert-OH is 1. The Morgan fingerprint density at radius 3 is 3.00 bits per heavy atom. The maximum absolute atomic E-state index is 11.3. The Balaban J connectivity index is 1.36. The molecule has 1 unspecified atom stereocenters. The van der Waals surface area contributed by atoms with Crippen LogP contribution < -0.4 is 11.0 Å². The summed E-state index contributed by atoms with van der Waals surface area (Å²) < 4.78 is 1.93. The van der Waals surface area contributed by atoms with Gasteiger partial charge >= 0.3 is 5.69 Å². The molecule has 3 atom stereocenters. The second kappa shape index (κ2) is 6.26. The van der Waals surface area contributed by atoms with Gasteiger partial charge in [-0.3, -0.25) is 4.68 Å². The third kappa shape index (κ3) is 3.13. The predicted octanol–water partition coefficient (Wildman–Crippen LogP) is 0.982. The molecule has 0 amide bonds. The molecule has 0 spiro atoms. The number of hydrogen-bond donors (Lipinski definition) is 4. The quantitative estimate of drug-likeness (QED) is 0.561. The first kappa shape index (κ1) is 15.2. The van der Waals surface area contributed by atoms with Gasteiger partial charge in [0.25, 0.3) is 0 Å². The molecule has 0 radical (unpaired) electrons. The van der Waals surface area contributed by atoms with Crippen molar-refractivity contribution in [2.45, 2.75) is 38.1 Å². The Labute approximate surface area is 138 Å². The lowest BCUT2D eigenvalue weighted by Crippen LogP contribution is -2.35. The lowest BCUT2D eigenvalue weighted by atomic mass is 10.1. The number of nitrogens with zero attached hydrogens (tertiary/aromatic N) is 2. The monoisotopic (exact) mass is 327 g/mol. The minimum Gasteiger partial charge on any atom is -0.391 e. The molecule has 126 valence electrons. The summed E-state index contributed by atoms with van der Waals surface area (Å²) in [4.78, 5) is 16.8. The molecule has 0 aliphatic heterocycles. The largest absolute Gasteiger partial charge is 0.391 e. The van der Waals surface area contributed by atoms with Crippen LogP contribution in [0.5, 0.6) is 0 Å². The van der Waals surface area contributed by atoms with Gasteiger partial charge in [-0.1, -0.05) is 6.07 Å². The van der Waals surface area contributed by atoms with E-state index in [4.69, 9.17) is 0 Å². The Bertz CT molecular complexity index is 867. The summed E-state index contributed by atoms with van der Waals surface area (Å²) in [5, 5.41) is 18.0. The molecule has 7 nitrogen and oxygen atoms in total. The highest BCUT2D eigenvalue weighted by molar-refractivity contribution is 5.74. The molecule has 0 saturated heterocycles. The Morgan fingerprint density at radius 2 is 2.17 bits per heavy atom. The van der Waals surface area contributed by atoms with Gasteiger partial charge in [0.1, 0.15) is 0 Å². The van der Waals surface area contributed by atoms with E-state index in [9.17, 15) is 9.90 Å². The van der Waals surface area contributed by atoms with Gasteiger partial charge in [-0.25, -0.2) is 4.79 Å². The fourth-order valence-corrected chi connectivity index (χ4v) is 3.60. The van der Waals surface area contributed by atoms with E-state index in [1.807, 2.05) is 35.1 Å². The molecule has 1 fully saturated rings. The molecule has 3 aromatic rings. The zero-order chi connectivity index (χ0) is 16.5. The topological polar surface area (TPSA) is 98.7 Å². The van der Waals surface area contributed by atoms with Gasteiger partial charge in [-0.05, 0) is 42.5 Å². The Morgan fingerprint density at radius 1 is 1.29 bits per heavy atom. The van der Waals surface area contributed by atoms with E-state index < -0.39 is 0 Å². The van der Waals surface area contributed by atoms with Gasteiger partial charge in [0, 0.05) is 31.5 Å². The molecule has 0 bridgehead atoms. The summed E-state index contributed by atoms with van der Waals surface area (Å²) in [5.41, 5.74) is 2.51. The summed E-state index contributed by atoms with van der Waals surface area (Å²) in [6.07, 6.45) is 5.13. The van der Waals surface area contributed by atoms with Crippen LogP contribution in [0.15, 0.2) is 41.5 Å². The van der Waals surface area contributed by atoms with Crippen molar-refractivity contribution >= 4 is 11.0 Å². The standard InChI is InChI=1S/C17H21N5O2/c23-16-8-12(10-22-5-1-4-19-22)7-15(16)18-9-11-2-3-13-14(6-11)21-17(24)20-13/h1-6,12,15-16,18,23H,7-10H2,(H2,20,21,24)/t12?,15-,16-/m1/s1. The Hall–Kier alpha value is -2.38. The number of H-pyrrole nitrogens is 2. The highest BCUT2D eigenvalue weighted by atomic mass is 16.3. The van der Waals surface area contributed by atoms with Crippen LogP contribution in [0.25, 0.3) is 11.0 Å². The predicted molar refractivity (Wildman–Crippen MR) is 90.5 cm³/mol. The molecule has 4 rings (SSSR count). The van der Waals surface area contributed by atoms with Crippen molar-refractivity contribution in [1.82, 2.24) is 25.1 Å². The lowest BCUT2D eigenvalue weighted by Gasteiger charge is -2.16. The van der Waals surface area contributed by atoms with Crippen LogP contribution in [-0.4, -0.2) is 37.0 Å². The number of hydrogen-bond acceptors (Lipinski definition) is 4. The van der Waals surface area contributed by atoms with Crippen molar-refractivity contribution in [1.29, 1.82) is 0 Å². The van der Waals surface area contributed by atoms with E-state index in [2.05, 4.69) is 20.4 Å². The first-order valence-corrected chi connectivity index (χ1v) is 8.27. The van der Waals surface area contributed by atoms with Crippen LogP contribution in [0, 0.1) is 5.92 Å². The third-order valence-electron chi connectivity index (χ3n) is 4.78. The van der Waals surface area contributed by atoms with Gasteiger partial charge in [0.2, 0.25) is 0 Å². The fourth-order valence-electron chi connectivity index (χ4n) is 3.60. The summed E-state index contributed by atoms with van der Waals surface area (Å²) in [5.74, 6) is 0.431. The molecule has 2 heterocycles. The number of aromatic amines is 2. The van der Waals surface area contributed by atoms with E-state index in [-0.39, 0.29) is 17.8 Å². The van der Waals surface area contributed by atoms with Gasteiger partial charge in [-0.2, -0.15) is 5.10 Å². The average molecular weight is 327 g/mol. The lowest BCUT2D eigenvalue weighted by molar-refractivity contribution is 0.145. The molecule has 1 aliphatic carbocycles. The minimum atomic E-state index is -0.332. The second-order valence-corrected chi connectivity index (χ2v) is 6.58. The summed E-state index contributed by atoms with van der Waals surface area (Å²) in [6, 6.07) is 7.86. The molecule has 1 aliphatic rings. The summed E-state index contributed by atoms with van der Waals surface area (Å²) >= 11 is 0. The Kier molecular flexibility index (Phi) is 3.95. The molecule has 1 aromatic carbocycles. The van der Waals surface area contributed by atoms with Crippen LogP contribution in [0.4, 0.5) is 0 Å². The maximum Gasteiger partial charge on any atom is 0.323 e. The fraction of sp³-hybridized carbons (Fsp3) is 0.412. The van der Waals surface area contributed by atoms with Gasteiger partial charge in [0.15, 0.2) is 0 Å². The van der Waals surface area contributed by atoms with Crippen molar-refractivity contribution in [2.75, 3.05) is 0 Å². The summed E-state index contributed by atoms with van der Waals surface area (Å²) in [6.45, 7) is 1.51. The first-order valence-electron chi connectivity index (χ1n) is 8.27. The molecular formula is C17H21N5O2. The van der Waals surface area contributed by atoms with Gasteiger partial charge in [-0.15, -0.1) is 0 Å². The van der Waals surface area contributed by atoms with Crippen molar-refractivity contribution in [3.63, 3.8) is 0 Å². The van der Waals surface area contributed by atoms with Crippen LogP contribution in [0.1, 0.15) is 18.4 Å². The van der Waals surface area contributed by atoms with Crippen LogP contribution in [0.2, 0.25) is 0 Å². The average Bonchev–Trinajstić information content (AvgIpc) is 3.25. The summed E-state index contributed by atoms with van der Waals surface area (Å²) in [7, 11) is 0. The molecule has 4 N–H and O–H groups in total. The number of imidazole rings is 1. The normalized spacial score (nSPS) is 24.0. The van der Waals surface area contributed by atoms with Crippen LogP contribution >= 0.6 is 0 Å². The number of aliphatic hydroxyl groups is 1. The molecule has 7 heteroatoms. The van der Waals surface area contributed by atoms with Gasteiger partial charge in [0.05, 0.1) is 17.1 Å². The number of rotatable bonds is 5. The highest BCUT2D eigenvalue weighted by Crippen LogP contribution is 2.27. The number of nitrogens with one attached hydrogen (secondary N) is 3. The number of aromatic nitrogens is 4. The molecule has 24 heavy (non-hydrogen) atoms. The van der Waals surface area contributed by atoms with E-state index >= 15 is 0 Å². The van der Waals surface area contributed by atoms with Crippen molar-refractivity contribution in [3.05, 3.63) is 52.7 Å². The molecule has 2 aromatic heterocycles. The van der Waals surface area contributed by atoms with E-state index in [1.54, 1.807) is 6.20 Å². The van der Waals surface area contributed by atoms with Gasteiger partial charge < -0.3 is 20.4 Å². The van der Waals surface area contributed by atoms with E-state index in [0.29, 0.717) is 12.5 Å². The minimum absolute atomic E-state index is 0.0894. The van der Waals surface area contributed by atoms with Crippen molar-refractivity contribution < 1.29 is 5.11 Å². The van der Waals surface area contributed by atoms with E-state index in [1.165, 1.54) is 0 Å². The van der Waals surface area contributed by atoms with E-state index in [0.717, 1.165) is 36.0 Å². The molecule has 1 saturated carbocycles. The first-order chi connectivity index (χ1) is 11.7. The zero-order valence-electron chi connectivity index (χ0n) is 13.3. The smallest absolute Gasteiger partial charge is 0.323 e. The van der Waals surface area contributed by atoms with Crippen LogP contribution in [0.3, 0.4) is 0 Å². The number of fused-ring (bicyclic) bond motifs is 1. The molecular weight excluding hydrogens is 306 g/mol. The second-order valence-electron chi connectivity index (χ2n) is 6.58. The number of benzene rings is 1. The van der Waals surface area contributed by atoms with Crippen molar-refractivity contribution in [3.8, 4) is 0 Å². The SMILES string of the molecule is O=c1[nH]c2ccc(CN[C@@H]3CC(Cn4cccn4)C[C@H]3O)cc2[nH]1. The zero-order valence-corrected chi connectivity index (χ0v) is 13.3. The van der Waals surface area contributed by atoms with Crippen LogP contribution in [-0.2, 0) is 13.1 Å². The van der Waals surface area contributed by atoms with Crippen molar-refractivity contribution in [2.24, 2.45) is 5.92 Å². The third-order valence-corrected chi connectivity index (χ3v) is 4.78.